The highest BCUT2D eigenvalue weighted by Gasteiger charge is 2.39. The molecule has 0 N–H and O–H groups in total. The fourth-order valence-electron chi connectivity index (χ4n) is 4.60. The van der Waals surface area contributed by atoms with Gasteiger partial charge in [0.05, 0.1) is 0 Å². The Morgan fingerprint density at radius 1 is 0.950 bits per heavy atom. The van der Waals surface area contributed by atoms with Crippen molar-refractivity contribution >= 4 is 0 Å². The molecule has 0 heterocycles. The van der Waals surface area contributed by atoms with E-state index in [9.17, 15) is 0 Å². The van der Waals surface area contributed by atoms with Gasteiger partial charge in [-0.25, -0.2) is 0 Å². The van der Waals surface area contributed by atoms with Gasteiger partial charge in [-0.15, -0.1) is 0 Å². The molecule has 1 heteroatoms. The Morgan fingerprint density at radius 3 is 2.25 bits per heavy atom. The van der Waals surface area contributed by atoms with Gasteiger partial charge in [-0.2, -0.15) is 0 Å². The van der Waals surface area contributed by atoms with Crippen LogP contribution in [0.5, 0.6) is 0 Å². The smallest absolute Gasteiger partial charge is 0.113 e. The van der Waals surface area contributed by atoms with Crippen LogP contribution >= 0.6 is 0 Å². The van der Waals surface area contributed by atoms with Crippen molar-refractivity contribution in [2.24, 2.45) is 29.6 Å². The molecule has 4 atom stereocenters. The first-order chi connectivity index (χ1) is 9.67. The van der Waals surface area contributed by atoms with Crippen LogP contribution < -0.4 is 0 Å². The van der Waals surface area contributed by atoms with Crippen molar-refractivity contribution in [1.29, 1.82) is 0 Å². The van der Waals surface area contributed by atoms with Gasteiger partial charge < -0.3 is 4.74 Å². The Morgan fingerprint density at radius 2 is 1.65 bits per heavy atom. The molecule has 0 aromatic heterocycles. The molecule has 2 fully saturated rings. The van der Waals surface area contributed by atoms with Crippen LogP contribution in [0.1, 0.15) is 72.6 Å². The predicted molar refractivity (Wildman–Crippen MR) is 85.1 cm³/mol. The van der Waals surface area contributed by atoms with E-state index in [0.29, 0.717) is 12.0 Å². The number of hydrogen-bond donors (Lipinski definition) is 0. The normalized spacial score (nSPS) is 41.6. The van der Waals surface area contributed by atoms with Crippen LogP contribution in [0.2, 0.25) is 0 Å². The van der Waals surface area contributed by atoms with Crippen molar-refractivity contribution in [2.75, 3.05) is 0 Å². The molecule has 2 aliphatic rings. The second kappa shape index (κ2) is 7.39. The van der Waals surface area contributed by atoms with Gasteiger partial charge in [-0.1, -0.05) is 46.0 Å². The first-order valence-electron chi connectivity index (χ1n) is 8.74. The van der Waals surface area contributed by atoms with E-state index in [2.05, 4.69) is 32.8 Å². The summed E-state index contributed by atoms with van der Waals surface area (Å²) in [6.45, 7) is 9.03. The van der Waals surface area contributed by atoms with Crippen molar-refractivity contribution in [2.45, 2.75) is 78.7 Å². The predicted octanol–water partition coefficient (Wildman–Crippen LogP) is 5.25. The van der Waals surface area contributed by atoms with E-state index in [1.807, 2.05) is 6.92 Å². The van der Waals surface area contributed by atoms with Crippen molar-refractivity contribution in [3.05, 3.63) is 0 Å². The average molecular weight is 276 g/mol. The zero-order chi connectivity index (χ0) is 14.5. The summed E-state index contributed by atoms with van der Waals surface area (Å²) >= 11 is 0. The van der Waals surface area contributed by atoms with Gasteiger partial charge >= 0.3 is 0 Å². The lowest BCUT2D eigenvalue weighted by atomic mass is 9.63. The summed E-state index contributed by atoms with van der Waals surface area (Å²) in [5, 5.41) is 0. The molecule has 2 aliphatic carbocycles. The lowest BCUT2D eigenvalue weighted by Gasteiger charge is -2.44. The number of hydrogen-bond acceptors (Lipinski definition) is 1. The van der Waals surface area contributed by atoms with Gasteiger partial charge in [0, 0.05) is 6.92 Å². The topological polar surface area (TPSA) is 9.23 Å². The van der Waals surface area contributed by atoms with Crippen LogP contribution in [0.15, 0.2) is 0 Å². The first-order valence-corrected chi connectivity index (χ1v) is 8.74. The zero-order valence-corrected chi connectivity index (χ0v) is 13.8. The SMILES string of the molecule is CC#COC1CCC(C2CCC(CC)CC2)C(C)C1C. The van der Waals surface area contributed by atoms with E-state index in [0.717, 1.165) is 23.7 Å². The molecule has 0 amide bonds. The van der Waals surface area contributed by atoms with Crippen molar-refractivity contribution in [1.82, 2.24) is 0 Å². The van der Waals surface area contributed by atoms with Crippen molar-refractivity contribution < 1.29 is 4.74 Å². The monoisotopic (exact) mass is 276 g/mol. The zero-order valence-electron chi connectivity index (χ0n) is 13.8. The Hall–Kier alpha value is -0.640. The molecular formula is C19H32O. The molecule has 4 unspecified atom stereocenters. The fourth-order valence-corrected chi connectivity index (χ4v) is 4.60. The standard InChI is InChI=1S/C19H32O/c1-5-13-20-19-12-11-18(14(3)15(19)4)17-9-7-16(6-2)8-10-17/h14-19H,6-12H2,1-4H3. The minimum Gasteiger partial charge on any atom is -0.443 e. The van der Waals surface area contributed by atoms with Gasteiger partial charge in [-0.3, -0.25) is 0 Å². The van der Waals surface area contributed by atoms with Gasteiger partial charge in [0.1, 0.15) is 12.2 Å². The van der Waals surface area contributed by atoms with Crippen molar-refractivity contribution in [3.63, 3.8) is 0 Å². The Kier molecular flexibility index (Phi) is 5.82. The maximum absolute atomic E-state index is 5.72. The number of ether oxygens (including phenoxy) is 1. The lowest BCUT2D eigenvalue weighted by molar-refractivity contribution is -0.00913. The second-order valence-electron chi connectivity index (χ2n) is 7.16. The quantitative estimate of drug-likeness (QED) is 0.640. The maximum atomic E-state index is 5.72. The minimum absolute atomic E-state index is 0.362. The van der Waals surface area contributed by atoms with E-state index in [-0.39, 0.29) is 0 Å². The van der Waals surface area contributed by atoms with Gasteiger partial charge in [-0.05, 0) is 55.3 Å². The van der Waals surface area contributed by atoms with E-state index >= 15 is 0 Å². The largest absolute Gasteiger partial charge is 0.443 e. The molecule has 2 saturated carbocycles. The minimum atomic E-state index is 0.362. The molecule has 0 radical (unpaired) electrons. The van der Waals surface area contributed by atoms with Gasteiger partial charge in [0.25, 0.3) is 0 Å². The highest BCUT2D eigenvalue weighted by atomic mass is 16.5. The van der Waals surface area contributed by atoms with E-state index in [1.54, 1.807) is 0 Å². The molecule has 20 heavy (non-hydrogen) atoms. The molecule has 0 bridgehead atoms. The third-order valence-electron chi connectivity index (χ3n) is 6.26. The molecule has 1 nitrogen and oxygen atoms in total. The van der Waals surface area contributed by atoms with Crippen LogP contribution in [0.25, 0.3) is 0 Å². The van der Waals surface area contributed by atoms with Gasteiger partial charge in [0.2, 0.25) is 0 Å². The molecule has 0 aromatic rings. The van der Waals surface area contributed by atoms with Crippen LogP contribution in [-0.4, -0.2) is 6.10 Å². The van der Waals surface area contributed by atoms with Crippen LogP contribution in [0.4, 0.5) is 0 Å². The average Bonchev–Trinajstić information content (AvgIpc) is 2.49. The van der Waals surface area contributed by atoms with E-state index < -0.39 is 0 Å². The Labute approximate surface area is 125 Å². The molecule has 0 saturated heterocycles. The third-order valence-corrected chi connectivity index (χ3v) is 6.26. The molecule has 2 rings (SSSR count). The first kappa shape index (κ1) is 15.7. The molecule has 0 aromatic carbocycles. The fraction of sp³-hybridized carbons (Fsp3) is 0.895. The molecular weight excluding hydrogens is 244 g/mol. The van der Waals surface area contributed by atoms with E-state index in [4.69, 9.17) is 4.74 Å². The lowest BCUT2D eigenvalue weighted by Crippen LogP contribution is -2.39. The summed E-state index contributed by atoms with van der Waals surface area (Å²) in [5.74, 6) is 7.22. The summed E-state index contributed by atoms with van der Waals surface area (Å²) in [7, 11) is 0. The highest BCUT2D eigenvalue weighted by molar-refractivity contribution is 4.92. The summed E-state index contributed by atoms with van der Waals surface area (Å²) in [6.07, 6.45) is 13.0. The van der Waals surface area contributed by atoms with Crippen molar-refractivity contribution in [3.8, 4) is 12.0 Å². The second-order valence-corrected chi connectivity index (χ2v) is 7.16. The van der Waals surface area contributed by atoms with Crippen LogP contribution in [-0.2, 0) is 4.74 Å². The Bertz CT molecular complexity index is 343. The maximum Gasteiger partial charge on any atom is 0.113 e. The molecule has 114 valence electrons. The van der Waals surface area contributed by atoms with Gasteiger partial charge in [0.15, 0.2) is 0 Å². The van der Waals surface area contributed by atoms with Crippen LogP contribution in [0.3, 0.4) is 0 Å². The summed E-state index contributed by atoms with van der Waals surface area (Å²) in [5.41, 5.74) is 0. The van der Waals surface area contributed by atoms with Crippen LogP contribution in [0, 0.1) is 41.6 Å². The summed E-state index contributed by atoms with van der Waals surface area (Å²) < 4.78 is 5.72. The Balaban J connectivity index is 1.89. The molecule has 0 spiro atoms. The summed E-state index contributed by atoms with van der Waals surface area (Å²) in [4.78, 5) is 0. The highest BCUT2D eigenvalue weighted by Crippen LogP contribution is 2.45. The molecule has 0 aliphatic heterocycles. The summed E-state index contributed by atoms with van der Waals surface area (Å²) in [6, 6.07) is 0. The number of rotatable bonds is 3. The third kappa shape index (κ3) is 3.51. The van der Waals surface area contributed by atoms with E-state index in [1.165, 1.54) is 44.9 Å².